The first-order chi connectivity index (χ1) is 15.0. The fourth-order valence-electron chi connectivity index (χ4n) is 3.13. The van der Waals surface area contributed by atoms with E-state index in [2.05, 4.69) is 5.10 Å². The van der Waals surface area contributed by atoms with Gasteiger partial charge in [-0.05, 0) is 43.2 Å². The highest BCUT2D eigenvalue weighted by Gasteiger charge is 2.23. The number of halogens is 2. The van der Waals surface area contributed by atoms with E-state index in [0.29, 0.717) is 61.3 Å². The standard InChI is InChI=1S/C22H24ClFN2O5/c1-29-21-7-4-15(13-20(21)27)19-3-2-9-26(25-19)22(28)17-6-5-16(14-18(17)24)31-12-11-30-10-8-23/h4-7,13-14,27H,2-3,8-12H2,1H3. The number of rotatable bonds is 9. The Morgan fingerprint density at radius 2 is 2.06 bits per heavy atom. The van der Waals surface area contributed by atoms with Crippen LogP contribution in [0.2, 0.25) is 0 Å². The number of carbonyl (C=O) groups excluding carboxylic acids is 1. The molecule has 1 aliphatic heterocycles. The van der Waals surface area contributed by atoms with Crippen molar-refractivity contribution in [2.75, 3.05) is 39.4 Å². The third-order valence-corrected chi connectivity index (χ3v) is 4.81. The van der Waals surface area contributed by atoms with Crippen LogP contribution in [0.15, 0.2) is 41.5 Å². The third kappa shape index (κ3) is 5.86. The summed E-state index contributed by atoms with van der Waals surface area (Å²) in [6, 6.07) is 9.02. The monoisotopic (exact) mass is 450 g/mol. The van der Waals surface area contributed by atoms with Crippen LogP contribution in [0.5, 0.6) is 17.2 Å². The number of hydrogen-bond donors (Lipinski definition) is 1. The van der Waals surface area contributed by atoms with Crippen LogP contribution < -0.4 is 9.47 Å². The number of carbonyl (C=O) groups is 1. The molecular weight excluding hydrogens is 427 g/mol. The predicted octanol–water partition coefficient (Wildman–Crippen LogP) is 3.81. The third-order valence-electron chi connectivity index (χ3n) is 4.66. The molecule has 0 radical (unpaired) electrons. The quantitative estimate of drug-likeness (QED) is 0.464. The number of methoxy groups -OCH3 is 1. The van der Waals surface area contributed by atoms with E-state index in [9.17, 15) is 14.3 Å². The lowest BCUT2D eigenvalue weighted by molar-refractivity contribution is 0.0746. The van der Waals surface area contributed by atoms with Gasteiger partial charge in [0.1, 0.15) is 18.2 Å². The van der Waals surface area contributed by atoms with Crippen LogP contribution in [-0.2, 0) is 4.74 Å². The van der Waals surface area contributed by atoms with E-state index >= 15 is 0 Å². The second kappa shape index (κ2) is 11.0. The number of hydrogen-bond acceptors (Lipinski definition) is 6. The summed E-state index contributed by atoms with van der Waals surface area (Å²) in [7, 11) is 1.47. The zero-order valence-corrected chi connectivity index (χ0v) is 17.9. The zero-order chi connectivity index (χ0) is 22.2. The van der Waals surface area contributed by atoms with Gasteiger partial charge in [0, 0.05) is 24.1 Å². The molecule has 0 unspecified atom stereocenters. The molecule has 31 heavy (non-hydrogen) atoms. The van der Waals surface area contributed by atoms with E-state index in [-0.39, 0.29) is 17.9 Å². The number of aromatic hydroxyl groups is 1. The maximum Gasteiger partial charge on any atom is 0.276 e. The molecule has 2 aromatic rings. The molecule has 0 atom stereocenters. The van der Waals surface area contributed by atoms with Crippen LogP contribution in [0.25, 0.3) is 0 Å². The Labute approximate surface area is 185 Å². The topological polar surface area (TPSA) is 80.6 Å². The van der Waals surface area contributed by atoms with E-state index in [0.717, 1.165) is 0 Å². The van der Waals surface area contributed by atoms with Crippen LogP contribution in [0.4, 0.5) is 4.39 Å². The second-order valence-corrected chi connectivity index (χ2v) is 7.13. The normalized spacial score (nSPS) is 13.6. The molecule has 1 N–H and O–H groups in total. The molecule has 0 saturated heterocycles. The SMILES string of the molecule is COc1ccc(C2=NN(C(=O)c3ccc(OCCOCCCl)cc3F)CCC2)cc1O. The summed E-state index contributed by atoms with van der Waals surface area (Å²) in [4.78, 5) is 12.8. The first-order valence-electron chi connectivity index (χ1n) is 9.86. The maximum atomic E-state index is 14.6. The van der Waals surface area contributed by atoms with Crippen molar-refractivity contribution in [2.45, 2.75) is 12.8 Å². The molecule has 0 aliphatic carbocycles. The first-order valence-corrected chi connectivity index (χ1v) is 10.4. The van der Waals surface area contributed by atoms with Crippen molar-refractivity contribution >= 4 is 23.2 Å². The predicted molar refractivity (Wildman–Crippen MR) is 115 cm³/mol. The first kappa shape index (κ1) is 22.8. The van der Waals surface area contributed by atoms with E-state index < -0.39 is 11.7 Å². The van der Waals surface area contributed by atoms with Gasteiger partial charge in [-0.25, -0.2) is 9.40 Å². The molecule has 0 fully saturated rings. The molecule has 2 aromatic carbocycles. The van der Waals surface area contributed by atoms with Crippen LogP contribution in [0.1, 0.15) is 28.8 Å². The van der Waals surface area contributed by atoms with Crippen molar-refractivity contribution < 1.29 is 28.5 Å². The van der Waals surface area contributed by atoms with Crippen molar-refractivity contribution in [2.24, 2.45) is 5.10 Å². The summed E-state index contributed by atoms with van der Waals surface area (Å²) in [6.07, 6.45) is 1.30. The van der Waals surface area contributed by atoms with Gasteiger partial charge in [-0.1, -0.05) is 0 Å². The Kier molecular flexibility index (Phi) is 8.08. The molecule has 0 aromatic heterocycles. The summed E-state index contributed by atoms with van der Waals surface area (Å²) in [5.41, 5.74) is 1.22. The van der Waals surface area contributed by atoms with Crippen molar-refractivity contribution in [3.05, 3.63) is 53.3 Å². The Morgan fingerprint density at radius 1 is 1.23 bits per heavy atom. The highest BCUT2D eigenvalue weighted by molar-refractivity contribution is 6.17. The van der Waals surface area contributed by atoms with Crippen LogP contribution in [0, 0.1) is 5.82 Å². The highest BCUT2D eigenvalue weighted by Crippen LogP contribution is 2.28. The van der Waals surface area contributed by atoms with Crippen molar-refractivity contribution in [3.8, 4) is 17.2 Å². The largest absolute Gasteiger partial charge is 0.504 e. The van der Waals surface area contributed by atoms with E-state index in [4.69, 9.17) is 25.8 Å². The average Bonchev–Trinajstić information content (AvgIpc) is 2.78. The number of amides is 1. The minimum atomic E-state index is -0.686. The van der Waals surface area contributed by atoms with Gasteiger partial charge in [0.05, 0.1) is 31.6 Å². The number of ether oxygens (including phenoxy) is 3. The highest BCUT2D eigenvalue weighted by atomic mass is 35.5. The van der Waals surface area contributed by atoms with E-state index in [1.165, 1.54) is 36.4 Å². The molecular formula is C22H24ClFN2O5. The fourth-order valence-corrected chi connectivity index (χ4v) is 3.24. The Morgan fingerprint density at radius 3 is 2.77 bits per heavy atom. The molecule has 1 aliphatic rings. The number of phenolic OH excluding ortho intramolecular Hbond substituents is 1. The van der Waals surface area contributed by atoms with Gasteiger partial charge in [-0.3, -0.25) is 4.79 Å². The lowest BCUT2D eigenvalue weighted by Crippen LogP contribution is -2.32. The van der Waals surface area contributed by atoms with Crippen molar-refractivity contribution in [1.82, 2.24) is 5.01 Å². The van der Waals surface area contributed by atoms with Gasteiger partial charge >= 0.3 is 0 Å². The van der Waals surface area contributed by atoms with Gasteiger partial charge in [-0.2, -0.15) is 5.10 Å². The summed E-state index contributed by atoms with van der Waals surface area (Å²) < 4.78 is 30.2. The summed E-state index contributed by atoms with van der Waals surface area (Å²) in [5, 5.41) is 15.6. The molecule has 166 valence electrons. The Hall–Kier alpha value is -2.84. The smallest absolute Gasteiger partial charge is 0.276 e. The van der Waals surface area contributed by atoms with Crippen molar-refractivity contribution in [3.63, 3.8) is 0 Å². The lowest BCUT2D eigenvalue weighted by Gasteiger charge is -2.24. The minimum Gasteiger partial charge on any atom is -0.504 e. The van der Waals surface area contributed by atoms with Crippen LogP contribution >= 0.6 is 11.6 Å². The molecule has 7 nitrogen and oxygen atoms in total. The van der Waals surface area contributed by atoms with Gasteiger partial charge in [0.25, 0.3) is 5.91 Å². The van der Waals surface area contributed by atoms with E-state index in [1.807, 2.05) is 0 Å². The molecule has 0 saturated carbocycles. The molecule has 3 rings (SSSR count). The average molecular weight is 451 g/mol. The number of nitrogens with zero attached hydrogens (tertiary/aromatic N) is 2. The van der Waals surface area contributed by atoms with Crippen LogP contribution in [0.3, 0.4) is 0 Å². The number of alkyl halides is 1. The van der Waals surface area contributed by atoms with Gasteiger partial charge in [-0.15, -0.1) is 11.6 Å². The molecule has 0 bridgehead atoms. The van der Waals surface area contributed by atoms with Gasteiger partial charge < -0.3 is 19.3 Å². The fraction of sp³-hybridized carbons (Fsp3) is 0.364. The van der Waals surface area contributed by atoms with Gasteiger partial charge in [0.2, 0.25) is 0 Å². The number of benzene rings is 2. The number of phenols is 1. The summed E-state index contributed by atoms with van der Waals surface area (Å²) in [5.74, 6) is -0.187. The van der Waals surface area contributed by atoms with Gasteiger partial charge in [0.15, 0.2) is 11.5 Å². The summed E-state index contributed by atoms with van der Waals surface area (Å²) in [6.45, 7) is 1.38. The van der Waals surface area contributed by atoms with Crippen molar-refractivity contribution in [1.29, 1.82) is 0 Å². The Balaban J connectivity index is 1.70. The zero-order valence-electron chi connectivity index (χ0n) is 17.1. The summed E-state index contributed by atoms with van der Waals surface area (Å²) >= 11 is 5.52. The molecule has 1 heterocycles. The minimum absolute atomic E-state index is 0.0131. The van der Waals surface area contributed by atoms with Crippen LogP contribution in [-0.4, -0.2) is 61.1 Å². The molecule has 0 spiro atoms. The maximum absolute atomic E-state index is 14.6. The van der Waals surface area contributed by atoms with E-state index in [1.54, 1.807) is 12.1 Å². The molecule has 9 heteroatoms. The Bertz CT molecular complexity index is 953. The second-order valence-electron chi connectivity index (χ2n) is 6.76. The molecule has 1 amide bonds. The number of hydrazone groups is 1. The lowest BCUT2D eigenvalue weighted by atomic mass is 10.0.